The number of rotatable bonds is 7. The zero-order chi connectivity index (χ0) is 25.4. The predicted octanol–water partition coefficient (Wildman–Crippen LogP) is 1.82. The average Bonchev–Trinajstić information content (AvgIpc) is 2.80. The van der Waals surface area contributed by atoms with Crippen molar-refractivity contribution in [1.29, 1.82) is 0 Å². The molecule has 0 unspecified atom stereocenters. The lowest BCUT2D eigenvalue weighted by Crippen LogP contribution is -2.52. The Labute approximate surface area is 207 Å². The highest BCUT2D eigenvalue weighted by molar-refractivity contribution is 6.67. The zero-order valence-corrected chi connectivity index (χ0v) is 18.4. The summed E-state index contributed by atoms with van der Waals surface area (Å²) in [5, 5.41) is 3.09. The lowest BCUT2D eigenvalue weighted by molar-refractivity contribution is 0.146. The Morgan fingerprint density at radius 3 is 2.29 bits per heavy atom. The van der Waals surface area contributed by atoms with Crippen molar-refractivity contribution in [2.24, 2.45) is 0 Å². The highest BCUT2D eigenvalue weighted by Gasteiger charge is 2.30. The van der Waals surface area contributed by atoms with Crippen LogP contribution in [0.15, 0.2) is 65.6 Å². The summed E-state index contributed by atoms with van der Waals surface area (Å²) >= 11 is 0. The number of fused-ring (bicyclic) bond motifs is 1. The van der Waals surface area contributed by atoms with E-state index in [-0.39, 0.29) is 29.0 Å². The molecule has 0 atom stereocenters. The molecule has 35 heavy (non-hydrogen) atoms. The van der Waals surface area contributed by atoms with Crippen LogP contribution in [0.2, 0.25) is 5.11 Å². The molecule has 1 N–H and O–H groups in total. The van der Waals surface area contributed by atoms with Crippen LogP contribution in [-0.4, -0.2) is 64.3 Å². The Hall–Kier alpha value is -3.36. The Kier molecular flexibility index (Phi) is 6.62. The number of alkyl halides is 2. The number of anilines is 1. The van der Waals surface area contributed by atoms with E-state index in [9.17, 15) is 13.6 Å². The van der Waals surface area contributed by atoms with Crippen LogP contribution in [0.5, 0.6) is 0 Å². The van der Waals surface area contributed by atoms with Gasteiger partial charge in [0.2, 0.25) is 0 Å². The monoisotopic (exact) mass is 457 g/mol. The molecule has 0 bridgehead atoms. The number of hydrogen-bond donors (Lipinski definition) is 1. The van der Waals surface area contributed by atoms with Gasteiger partial charge in [-0.3, -0.25) is 9.78 Å². The van der Waals surface area contributed by atoms with E-state index in [1.54, 1.807) is 6.07 Å². The fraction of sp³-hybridized carbons (Fsp3) is 0.182. The highest BCUT2D eigenvalue weighted by atomic mass is 19.3. The van der Waals surface area contributed by atoms with Crippen LogP contribution in [-0.2, 0) is 6.54 Å². The van der Waals surface area contributed by atoms with Gasteiger partial charge in [-0.05, 0) is 23.8 Å². The maximum atomic E-state index is 13.5. The molecule has 0 aliphatic rings. The summed E-state index contributed by atoms with van der Waals surface area (Å²) in [6.07, 6.45) is -1.57. The summed E-state index contributed by atoms with van der Waals surface area (Å²) in [6.45, 7) is 0.177. The topological polar surface area (TPSA) is 72.7 Å². The molecule has 4 aromatic rings. The normalized spacial score (nSPS) is 12.2. The van der Waals surface area contributed by atoms with E-state index in [1.165, 1.54) is 23.0 Å². The van der Waals surface area contributed by atoms with Crippen LogP contribution in [0, 0.1) is 0 Å². The maximum absolute atomic E-state index is 13.5. The zero-order valence-electron chi connectivity index (χ0n) is 18.4. The first-order valence-corrected chi connectivity index (χ1v) is 10.4. The second-order valence-corrected chi connectivity index (χ2v) is 8.09. The van der Waals surface area contributed by atoms with Gasteiger partial charge < -0.3 is 5.32 Å². The van der Waals surface area contributed by atoms with Crippen LogP contribution in [0.4, 0.5) is 14.6 Å². The van der Waals surface area contributed by atoms with Crippen molar-refractivity contribution in [2.45, 2.75) is 23.4 Å². The van der Waals surface area contributed by atoms with E-state index < -0.39 is 28.1 Å². The highest BCUT2D eigenvalue weighted by Crippen LogP contribution is 2.29. The lowest BCUT2D eigenvalue weighted by atomic mass is 9.26. The van der Waals surface area contributed by atoms with Crippen molar-refractivity contribution in [3.8, 4) is 11.1 Å². The molecule has 0 spiro atoms. The summed E-state index contributed by atoms with van der Waals surface area (Å²) in [4.78, 5) is 21.7. The number of halogens is 2. The Bertz CT molecular complexity index is 1410. The molecule has 3 heterocycles. The first-order chi connectivity index (χ1) is 16.5. The number of pyridine rings is 2. The summed E-state index contributed by atoms with van der Waals surface area (Å²) < 4.78 is 27.3. The van der Waals surface area contributed by atoms with Crippen molar-refractivity contribution in [1.82, 2.24) is 19.7 Å². The van der Waals surface area contributed by atoms with Gasteiger partial charge in [-0.25, -0.2) is 18.4 Å². The van der Waals surface area contributed by atoms with E-state index in [1.807, 2.05) is 30.3 Å². The van der Waals surface area contributed by atoms with Crippen molar-refractivity contribution in [3.05, 3.63) is 82.4 Å². The van der Waals surface area contributed by atoms with Crippen molar-refractivity contribution >= 4 is 56.1 Å². The SMILES string of the molecule is [B]C([B])([B])C([B])([B])Nc1ccc2nn(Cc3ccccc3)c(=O)c(-c3ccc(C(F)F)nc3)c2n1. The molecule has 0 fully saturated rings. The van der Waals surface area contributed by atoms with Gasteiger partial charge in [0.15, 0.2) is 0 Å². The molecule has 4 rings (SSSR count). The number of benzene rings is 1. The average molecular weight is 456 g/mol. The molecule has 3 aromatic heterocycles. The smallest absolute Gasteiger partial charge is 0.280 e. The minimum absolute atomic E-state index is 0.0991. The lowest BCUT2D eigenvalue weighted by Gasteiger charge is -2.43. The van der Waals surface area contributed by atoms with Crippen LogP contribution in [0.1, 0.15) is 17.7 Å². The molecule has 0 saturated carbocycles. The van der Waals surface area contributed by atoms with Gasteiger partial charge >= 0.3 is 0 Å². The van der Waals surface area contributed by atoms with Crippen molar-refractivity contribution in [3.63, 3.8) is 0 Å². The molecule has 0 amide bonds. The number of nitrogens with one attached hydrogen (secondary N) is 1. The van der Waals surface area contributed by atoms with Crippen LogP contribution in [0.3, 0.4) is 0 Å². The number of hydrogen-bond acceptors (Lipinski definition) is 5. The summed E-state index contributed by atoms with van der Waals surface area (Å²) in [6, 6.07) is 14.8. The van der Waals surface area contributed by atoms with Gasteiger partial charge in [-0.1, -0.05) is 41.7 Å². The van der Waals surface area contributed by atoms with E-state index in [2.05, 4.69) is 20.4 Å². The second-order valence-electron chi connectivity index (χ2n) is 8.09. The molecule has 0 aliphatic heterocycles. The fourth-order valence-electron chi connectivity index (χ4n) is 3.32. The molecule has 10 radical (unpaired) electrons. The fourth-order valence-corrected chi connectivity index (χ4v) is 3.32. The first-order valence-electron chi connectivity index (χ1n) is 10.4. The number of nitrogens with zero attached hydrogens (tertiary/aromatic N) is 4. The largest absolute Gasteiger partial charge is 0.383 e. The summed E-state index contributed by atoms with van der Waals surface area (Å²) in [7, 11) is 28.7. The third-order valence-corrected chi connectivity index (χ3v) is 5.31. The van der Waals surface area contributed by atoms with Gasteiger partial charge in [0, 0.05) is 11.8 Å². The third-order valence-electron chi connectivity index (χ3n) is 5.31. The Morgan fingerprint density at radius 2 is 1.69 bits per heavy atom. The quantitative estimate of drug-likeness (QED) is 0.430. The van der Waals surface area contributed by atoms with E-state index in [4.69, 9.17) is 39.2 Å². The molecule has 1 aromatic carbocycles. The molecule has 162 valence electrons. The maximum Gasteiger partial charge on any atom is 0.280 e. The Balaban J connectivity index is 1.90. The van der Waals surface area contributed by atoms with E-state index >= 15 is 0 Å². The molecular formula is C22H14B5F2N5O. The van der Waals surface area contributed by atoms with Gasteiger partial charge in [0.25, 0.3) is 12.0 Å². The van der Waals surface area contributed by atoms with E-state index in [0.717, 1.165) is 11.6 Å². The van der Waals surface area contributed by atoms with Crippen LogP contribution in [0.25, 0.3) is 22.2 Å². The minimum atomic E-state index is -2.76. The van der Waals surface area contributed by atoms with E-state index in [0.29, 0.717) is 5.52 Å². The molecule has 0 aliphatic carbocycles. The second kappa shape index (κ2) is 9.36. The summed E-state index contributed by atoms with van der Waals surface area (Å²) in [5.41, 5.74) is 0.786. The van der Waals surface area contributed by atoms with Gasteiger partial charge in [0.05, 0.1) is 51.3 Å². The predicted molar refractivity (Wildman–Crippen MR) is 135 cm³/mol. The van der Waals surface area contributed by atoms with Crippen molar-refractivity contribution in [2.75, 3.05) is 5.32 Å². The molecular weight excluding hydrogens is 442 g/mol. The van der Waals surface area contributed by atoms with Crippen molar-refractivity contribution < 1.29 is 8.78 Å². The summed E-state index contributed by atoms with van der Waals surface area (Å²) in [5.74, 6) is 0.105. The molecule has 0 saturated heterocycles. The van der Waals surface area contributed by atoms with Gasteiger partial charge in [-0.15, -0.1) is 5.11 Å². The Morgan fingerprint density at radius 1 is 0.971 bits per heavy atom. The molecule has 13 heteroatoms. The standard InChI is InChI=1S/C22H14B5F2N5O/c23-21(24,25)22(26,27)32-16-9-8-14-18(31-16)17(13-6-7-15(19(28)29)30-10-13)20(35)34(33-14)11-12-4-2-1-3-5-12/h1-10,19H,11H2,(H,31,32). The van der Waals surface area contributed by atoms with Crippen LogP contribution < -0.4 is 10.9 Å². The minimum Gasteiger partial charge on any atom is -0.383 e. The first kappa shape index (κ1) is 24.8. The molecule has 6 nitrogen and oxygen atoms in total. The van der Waals surface area contributed by atoms with Gasteiger partial charge in [0.1, 0.15) is 22.5 Å². The van der Waals surface area contributed by atoms with Crippen LogP contribution >= 0.6 is 0 Å². The third kappa shape index (κ3) is 5.18. The number of aromatic nitrogens is 4. The van der Waals surface area contributed by atoms with Gasteiger partial charge in [-0.2, -0.15) is 5.10 Å².